The lowest BCUT2D eigenvalue weighted by molar-refractivity contribution is 0.140. The molecular formula is C23H39N3. The highest BCUT2D eigenvalue weighted by atomic mass is 15.2. The van der Waals surface area contributed by atoms with E-state index in [4.69, 9.17) is 0 Å². The van der Waals surface area contributed by atoms with Crippen LogP contribution >= 0.6 is 0 Å². The van der Waals surface area contributed by atoms with Gasteiger partial charge in [-0.1, -0.05) is 57.0 Å². The van der Waals surface area contributed by atoms with Gasteiger partial charge in [-0.2, -0.15) is 0 Å². The van der Waals surface area contributed by atoms with Crippen LogP contribution in [0.2, 0.25) is 0 Å². The number of likely N-dealkylation sites (tertiary alicyclic amines) is 2. The molecule has 0 aromatic heterocycles. The third kappa shape index (κ3) is 6.07. The fourth-order valence-corrected chi connectivity index (χ4v) is 4.64. The fraction of sp³-hybridized carbons (Fsp3) is 0.739. The molecule has 0 bridgehead atoms. The Morgan fingerprint density at radius 3 is 2.19 bits per heavy atom. The van der Waals surface area contributed by atoms with Gasteiger partial charge in [-0.25, -0.2) is 0 Å². The normalized spacial score (nSPS) is 22.4. The highest BCUT2D eigenvalue weighted by molar-refractivity contribution is 5.14. The maximum atomic E-state index is 3.94. The number of rotatable bonds is 7. The van der Waals surface area contributed by atoms with E-state index in [0.717, 1.165) is 12.5 Å². The number of nitrogens with zero attached hydrogens (tertiary/aromatic N) is 2. The molecule has 3 nitrogen and oxygen atoms in total. The summed E-state index contributed by atoms with van der Waals surface area (Å²) in [6, 6.07) is 12.3. The van der Waals surface area contributed by atoms with Crippen molar-refractivity contribution in [3.8, 4) is 0 Å². The maximum absolute atomic E-state index is 3.94. The van der Waals surface area contributed by atoms with E-state index in [2.05, 4.69) is 59.3 Å². The summed E-state index contributed by atoms with van der Waals surface area (Å²) in [4.78, 5) is 5.39. The van der Waals surface area contributed by atoms with Crippen LogP contribution in [-0.2, 0) is 6.54 Å². The first-order valence-corrected chi connectivity index (χ1v) is 11.0. The predicted octanol–water partition coefficient (Wildman–Crippen LogP) is 4.14. The molecule has 2 heterocycles. The Kier molecular flexibility index (Phi) is 7.97. The highest BCUT2D eigenvalue weighted by Crippen LogP contribution is 2.19. The van der Waals surface area contributed by atoms with Gasteiger partial charge < -0.3 is 5.32 Å². The van der Waals surface area contributed by atoms with E-state index < -0.39 is 0 Å². The topological polar surface area (TPSA) is 18.5 Å². The predicted molar refractivity (Wildman–Crippen MR) is 111 cm³/mol. The summed E-state index contributed by atoms with van der Waals surface area (Å²) in [6.07, 6.45) is 8.21. The third-order valence-corrected chi connectivity index (χ3v) is 6.33. The van der Waals surface area contributed by atoms with Gasteiger partial charge in [-0.15, -0.1) is 0 Å². The summed E-state index contributed by atoms with van der Waals surface area (Å²) in [5, 5.41) is 3.94. The van der Waals surface area contributed by atoms with Crippen LogP contribution in [0.5, 0.6) is 0 Å². The molecule has 3 rings (SSSR count). The van der Waals surface area contributed by atoms with Crippen LogP contribution in [0, 0.1) is 5.92 Å². The molecule has 1 aromatic carbocycles. The lowest BCUT2D eigenvalue weighted by Gasteiger charge is -2.37. The van der Waals surface area contributed by atoms with Crippen LogP contribution < -0.4 is 5.32 Å². The van der Waals surface area contributed by atoms with E-state index in [1.54, 1.807) is 0 Å². The molecule has 1 unspecified atom stereocenters. The summed E-state index contributed by atoms with van der Waals surface area (Å²) in [5.41, 5.74) is 1.44. The fourth-order valence-electron chi connectivity index (χ4n) is 4.64. The molecule has 0 saturated carbocycles. The summed E-state index contributed by atoms with van der Waals surface area (Å²) in [5.74, 6) is 0.735. The molecule has 2 aliphatic heterocycles. The summed E-state index contributed by atoms with van der Waals surface area (Å²) >= 11 is 0. The first-order valence-electron chi connectivity index (χ1n) is 11.0. The molecule has 2 aliphatic rings. The van der Waals surface area contributed by atoms with Crippen LogP contribution in [0.3, 0.4) is 0 Å². The average Bonchev–Trinajstić information content (AvgIpc) is 2.93. The number of hydrogen-bond acceptors (Lipinski definition) is 3. The molecule has 0 amide bonds. The van der Waals surface area contributed by atoms with E-state index in [0.29, 0.717) is 12.1 Å². The van der Waals surface area contributed by atoms with Crippen molar-refractivity contribution in [1.29, 1.82) is 0 Å². The Hall–Kier alpha value is -0.900. The van der Waals surface area contributed by atoms with Crippen molar-refractivity contribution in [3.63, 3.8) is 0 Å². The molecule has 2 saturated heterocycles. The van der Waals surface area contributed by atoms with E-state index in [1.165, 1.54) is 76.8 Å². The summed E-state index contributed by atoms with van der Waals surface area (Å²) in [6.45, 7) is 12.1. The minimum atomic E-state index is 0.704. The lowest BCUT2D eigenvalue weighted by Crippen LogP contribution is -2.50. The molecule has 0 radical (unpaired) electrons. The number of nitrogens with one attached hydrogen (secondary N) is 1. The molecule has 0 spiro atoms. The lowest BCUT2D eigenvalue weighted by atomic mass is 9.99. The molecule has 0 aliphatic carbocycles. The van der Waals surface area contributed by atoms with Gasteiger partial charge in [0.1, 0.15) is 0 Å². The molecule has 3 heteroatoms. The SMILES string of the molecule is CC(C)C(CNC1CCN(Cc2ccccc2)CC1)N1CCCCCC1. The Morgan fingerprint density at radius 2 is 1.58 bits per heavy atom. The van der Waals surface area contributed by atoms with Crippen LogP contribution in [0.4, 0.5) is 0 Å². The molecular weight excluding hydrogens is 318 g/mol. The first kappa shape index (κ1) is 19.9. The molecule has 2 fully saturated rings. The second-order valence-corrected chi connectivity index (χ2v) is 8.71. The zero-order valence-corrected chi connectivity index (χ0v) is 17.0. The van der Waals surface area contributed by atoms with Crippen molar-refractivity contribution in [2.45, 2.75) is 71.0 Å². The van der Waals surface area contributed by atoms with Crippen molar-refractivity contribution in [1.82, 2.24) is 15.1 Å². The van der Waals surface area contributed by atoms with Gasteiger partial charge >= 0.3 is 0 Å². The minimum absolute atomic E-state index is 0.704. The van der Waals surface area contributed by atoms with E-state index >= 15 is 0 Å². The third-order valence-electron chi connectivity index (χ3n) is 6.33. The van der Waals surface area contributed by atoms with Gasteiger partial charge in [0, 0.05) is 25.2 Å². The Bertz CT molecular complexity index is 485. The monoisotopic (exact) mass is 357 g/mol. The van der Waals surface area contributed by atoms with Crippen molar-refractivity contribution in [2.75, 3.05) is 32.7 Å². The Morgan fingerprint density at radius 1 is 0.923 bits per heavy atom. The molecule has 1 N–H and O–H groups in total. The largest absolute Gasteiger partial charge is 0.312 e. The Balaban J connectivity index is 1.41. The van der Waals surface area contributed by atoms with Crippen molar-refractivity contribution >= 4 is 0 Å². The minimum Gasteiger partial charge on any atom is -0.312 e. The zero-order chi connectivity index (χ0) is 18.2. The molecule has 1 atom stereocenters. The second-order valence-electron chi connectivity index (χ2n) is 8.71. The highest BCUT2D eigenvalue weighted by Gasteiger charge is 2.25. The standard InChI is InChI=1S/C23H39N3/c1-20(2)23(26-14-8-3-4-9-15-26)18-24-22-12-16-25(17-13-22)19-21-10-6-5-7-11-21/h5-7,10-11,20,22-24H,3-4,8-9,12-19H2,1-2H3. The average molecular weight is 358 g/mol. The van der Waals surface area contributed by atoms with E-state index in [-0.39, 0.29) is 0 Å². The van der Waals surface area contributed by atoms with Gasteiger partial charge in [0.15, 0.2) is 0 Å². The van der Waals surface area contributed by atoms with Crippen molar-refractivity contribution < 1.29 is 0 Å². The van der Waals surface area contributed by atoms with Crippen LogP contribution in [-0.4, -0.2) is 54.6 Å². The van der Waals surface area contributed by atoms with Crippen molar-refractivity contribution in [2.24, 2.45) is 5.92 Å². The smallest absolute Gasteiger partial charge is 0.0243 e. The van der Waals surface area contributed by atoms with Crippen molar-refractivity contribution in [3.05, 3.63) is 35.9 Å². The van der Waals surface area contributed by atoms with E-state index in [1.807, 2.05) is 0 Å². The second kappa shape index (κ2) is 10.4. The first-order chi connectivity index (χ1) is 12.7. The van der Waals surface area contributed by atoms with E-state index in [9.17, 15) is 0 Å². The van der Waals surface area contributed by atoms with Crippen LogP contribution in [0.1, 0.15) is 57.9 Å². The number of piperidine rings is 1. The summed E-state index contributed by atoms with van der Waals surface area (Å²) < 4.78 is 0. The maximum Gasteiger partial charge on any atom is 0.0243 e. The quantitative estimate of drug-likeness (QED) is 0.791. The number of hydrogen-bond donors (Lipinski definition) is 1. The number of benzene rings is 1. The van der Waals surface area contributed by atoms with Gasteiger partial charge in [0.25, 0.3) is 0 Å². The van der Waals surface area contributed by atoms with Crippen LogP contribution in [0.15, 0.2) is 30.3 Å². The van der Waals surface area contributed by atoms with Crippen LogP contribution in [0.25, 0.3) is 0 Å². The van der Waals surface area contributed by atoms with Gasteiger partial charge in [0.2, 0.25) is 0 Å². The molecule has 146 valence electrons. The summed E-state index contributed by atoms with van der Waals surface area (Å²) in [7, 11) is 0. The van der Waals surface area contributed by atoms with Gasteiger partial charge in [-0.05, 0) is 63.3 Å². The molecule has 1 aromatic rings. The van der Waals surface area contributed by atoms with Gasteiger partial charge in [-0.3, -0.25) is 9.80 Å². The Labute approximate surface area is 161 Å². The molecule has 26 heavy (non-hydrogen) atoms. The van der Waals surface area contributed by atoms with Gasteiger partial charge in [0.05, 0.1) is 0 Å². The zero-order valence-electron chi connectivity index (χ0n) is 17.0.